The van der Waals surface area contributed by atoms with E-state index in [0.717, 1.165) is 5.82 Å². The Morgan fingerprint density at radius 3 is 2.73 bits per heavy atom. The molecule has 0 amide bonds. The first-order valence-electron chi connectivity index (χ1n) is 5.27. The van der Waals surface area contributed by atoms with Gasteiger partial charge in [-0.2, -0.15) is 0 Å². The highest BCUT2D eigenvalue weighted by Crippen LogP contribution is 2.20. The summed E-state index contributed by atoms with van der Waals surface area (Å²) in [6.45, 7) is 6.20. The van der Waals surface area contributed by atoms with Gasteiger partial charge in [0.1, 0.15) is 5.82 Å². The molecule has 1 rings (SSSR count). The molecule has 84 valence electrons. The van der Waals surface area contributed by atoms with Crippen LogP contribution in [0.5, 0.6) is 0 Å². The number of rotatable bonds is 5. The summed E-state index contributed by atoms with van der Waals surface area (Å²) in [6, 6.07) is 0.195. The Kier molecular flexibility index (Phi) is 3.88. The molecule has 0 saturated carbocycles. The van der Waals surface area contributed by atoms with Gasteiger partial charge in [-0.05, 0) is 13.3 Å². The molecule has 1 aromatic heterocycles. The van der Waals surface area contributed by atoms with Crippen molar-refractivity contribution < 1.29 is 9.90 Å². The molecule has 4 nitrogen and oxygen atoms in total. The number of imidazole rings is 1. The van der Waals surface area contributed by atoms with Crippen molar-refractivity contribution >= 4 is 5.97 Å². The first-order valence-corrected chi connectivity index (χ1v) is 5.27. The van der Waals surface area contributed by atoms with Crippen molar-refractivity contribution in [3.63, 3.8) is 0 Å². The fourth-order valence-electron chi connectivity index (χ4n) is 1.62. The van der Waals surface area contributed by atoms with Gasteiger partial charge in [0.15, 0.2) is 0 Å². The second-order valence-electron chi connectivity index (χ2n) is 4.13. The summed E-state index contributed by atoms with van der Waals surface area (Å²) in [6.07, 6.45) is 4.54. The number of aromatic nitrogens is 2. The Balaban J connectivity index is 2.68. The molecule has 0 aliphatic rings. The molecular formula is C11H18N2O2. The van der Waals surface area contributed by atoms with Crippen molar-refractivity contribution in [3.8, 4) is 0 Å². The fourth-order valence-corrected chi connectivity index (χ4v) is 1.62. The number of nitrogens with zero attached hydrogens (tertiary/aromatic N) is 2. The van der Waals surface area contributed by atoms with Crippen molar-refractivity contribution in [2.45, 2.75) is 45.6 Å². The Morgan fingerprint density at radius 2 is 2.20 bits per heavy atom. The summed E-state index contributed by atoms with van der Waals surface area (Å²) in [7, 11) is 0. The predicted molar refractivity (Wildman–Crippen MR) is 57.9 cm³/mol. The minimum absolute atomic E-state index is 0.195. The van der Waals surface area contributed by atoms with Gasteiger partial charge in [0.05, 0.1) is 0 Å². The molecule has 0 bridgehead atoms. The van der Waals surface area contributed by atoms with E-state index >= 15 is 0 Å². The van der Waals surface area contributed by atoms with Gasteiger partial charge in [0.2, 0.25) is 0 Å². The SMILES string of the molecule is CC(C)c1nccn1C(C)CCC(=O)O. The zero-order valence-electron chi connectivity index (χ0n) is 9.47. The molecule has 1 heterocycles. The lowest BCUT2D eigenvalue weighted by Gasteiger charge is -2.17. The molecule has 1 aromatic rings. The lowest BCUT2D eigenvalue weighted by molar-refractivity contribution is -0.137. The molecular weight excluding hydrogens is 192 g/mol. The number of hydrogen-bond donors (Lipinski definition) is 1. The highest BCUT2D eigenvalue weighted by molar-refractivity contribution is 5.66. The van der Waals surface area contributed by atoms with E-state index in [2.05, 4.69) is 23.4 Å². The normalized spacial score (nSPS) is 13.1. The van der Waals surface area contributed by atoms with Crippen molar-refractivity contribution in [1.82, 2.24) is 9.55 Å². The van der Waals surface area contributed by atoms with Crippen LogP contribution in [-0.4, -0.2) is 20.6 Å². The van der Waals surface area contributed by atoms with Crippen LogP contribution in [0.1, 0.15) is 51.4 Å². The number of carboxylic acid groups (broad SMARTS) is 1. The third-order valence-corrected chi connectivity index (χ3v) is 2.47. The summed E-state index contributed by atoms with van der Waals surface area (Å²) < 4.78 is 2.06. The highest BCUT2D eigenvalue weighted by Gasteiger charge is 2.13. The van der Waals surface area contributed by atoms with E-state index in [1.165, 1.54) is 0 Å². The molecule has 0 spiro atoms. The van der Waals surface area contributed by atoms with Crippen molar-refractivity contribution in [2.75, 3.05) is 0 Å². The fraction of sp³-hybridized carbons (Fsp3) is 0.636. The number of carboxylic acids is 1. The van der Waals surface area contributed by atoms with Crippen LogP contribution in [-0.2, 0) is 4.79 Å². The highest BCUT2D eigenvalue weighted by atomic mass is 16.4. The van der Waals surface area contributed by atoms with E-state index in [0.29, 0.717) is 12.3 Å². The molecule has 0 saturated heterocycles. The molecule has 0 aliphatic heterocycles. The van der Waals surface area contributed by atoms with Crippen LogP contribution in [0.4, 0.5) is 0 Å². The third kappa shape index (κ3) is 3.08. The average Bonchev–Trinajstić information content (AvgIpc) is 2.62. The number of hydrogen-bond acceptors (Lipinski definition) is 2. The van der Waals surface area contributed by atoms with Crippen LogP contribution in [0.25, 0.3) is 0 Å². The van der Waals surface area contributed by atoms with E-state index in [9.17, 15) is 4.79 Å². The van der Waals surface area contributed by atoms with Crippen LogP contribution in [0.2, 0.25) is 0 Å². The minimum atomic E-state index is -0.743. The third-order valence-electron chi connectivity index (χ3n) is 2.47. The second kappa shape index (κ2) is 4.96. The number of aliphatic carboxylic acids is 1. The van der Waals surface area contributed by atoms with Gasteiger partial charge in [-0.25, -0.2) is 4.98 Å². The maximum absolute atomic E-state index is 10.5. The summed E-state index contributed by atoms with van der Waals surface area (Å²) >= 11 is 0. The zero-order valence-corrected chi connectivity index (χ0v) is 9.47. The lowest BCUT2D eigenvalue weighted by Crippen LogP contribution is -2.11. The molecule has 4 heteroatoms. The molecule has 0 aliphatic carbocycles. The lowest BCUT2D eigenvalue weighted by atomic mass is 10.1. The molecule has 0 aromatic carbocycles. The molecule has 1 N–H and O–H groups in total. The van der Waals surface area contributed by atoms with Gasteiger partial charge in [0.25, 0.3) is 0 Å². The standard InChI is InChI=1S/C11H18N2O2/c1-8(2)11-12-6-7-13(11)9(3)4-5-10(14)15/h6-9H,4-5H2,1-3H3,(H,14,15). The molecule has 1 unspecified atom stereocenters. The first kappa shape index (κ1) is 11.8. The van der Waals surface area contributed by atoms with Gasteiger partial charge in [-0.3, -0.25) is 4.79 Å². The smallest absolute Gasteiger partial charge is 0.303 e. The monoisotopic (exact) mass is 210 g/mol. The Labute approximate surface area is 89.9 Å². The second-order valence-corrected chi connectivity index (χ2v) is 4.13. The summed E-state index contributed by atoms with van der Waals surface area (Å²) in [5.41, 5.74) is 0. The molecule has 1 atom stereocenters. The Hall–Kier alpha value is -1.32. The quantitative estimate of drug-likeness (QED) is 0.812. The van der Waals surface area contributed by atoms with Gasteiger partial charge >= 0.3 is 5.97 Å². The van der Waals surface area contributed by atoms with Crippen LogP contribution in [0.3, 0.4) is 0 Å². The van der Waals surface area contributed by atoms with Crippen LogP contribution in [0.15, 0.2) is 12.4 Å². The van der Waals surface area contributed by atoms with Gasteiger partial charge in [0, 0.05) is 30.8 Å². The summed E-state index contributed by atoms with van der Waals surface area (Å²) in [5.74, 6) is 0.647. The van der Waals surface area contributed by atoms with E-state index in [4.69, 9.17) is 5.11 Å². The largest absolute Gasteiger partial charge is 0.481 e. The minimum Gasteiger partial charge on any atom is -0.481 e. The van der Waals surface area contributed by atoms with Crippen molar-refractivity contribution in [2.24, 2.45) is 0 Å². The maximum Gasteiger partial charge on any atom is 0.303 e. The van der Waals surface area contributed by atoms with E-state index in [1.54, 1.807) is 6.20 Å². The zero-order chi connectivity index (χ0) is 11.4. The Morgan fingerprint density at radius 1 is 1.53 bits per heavy atom. The van der Waals surface area contributed by atoms with Crippen LogP contribution in [0, 0.1) is 0 Å². The predicted octanol–water partition coefficient (Wildman–Crippen LogP) is 2.43. The maximum atomic E-state index is 10.5. The van der Waals surface area contributed by atoms with E-state index in [-0.39, 0.29) is 12.5 Å². The van der Waals surface area contributed by atoms with Gasteiger partial charge < -0.3 is 9.67 Å². The van der Waals surface area contributed by atoms with Gasteiger partial charge in [-0.1, -0.05) is 13.8 Å². The molecule has 0 radical (unpaired) electrons. The van der Waals surface area contributed by atoms with E-state index in [1.807, 2.05) is 13.1 Å². The Bertz CT molecular complexity index is 331. The molecule has 0 fully saturated rings. The molecule has 15 heavy (non-hydrogen) atoms. The van der Waals surface area contributed by atoms with Crippen LogP contribution < -0.4 is 0 Å². The first-order chi connectivity index (χ1) is 7.02. The van der Waals surface area contributed by atoms with Crippen molar-refractivity contribution in [1.29, 1.82) is 0 Å². The summed E-state index contributed by atoms with van der Waals surface area (Å²) in [4.78, 5) is 14.7. The number of carbonyl (C=O) groups is 1. The van der Waals surface area contributed by atoms with Crippen LogP contribution >= 0.6 is 0 Å². The van der Waals surface area contributed by atoms with Gasteiger partial charge in [-0.15, -0.1) is 0 Å². The summed E-state index contributed by atoms with van der Waals surface area (Å²) in [5, 5.41) is 8.61. The average molecular weight is 210 g/mol. The topological polar surface area (TPSA) is 55.1 Å². The van der Waals surface area contributed by atoms with Crippen molar-refractivity contribution in [3.05, 3.63) is 18.2 Å². The van der Waals surface area contributed by atoms with E-state index < -0.39 is 5.97 Å².